The molecule has 0 aliphatic rings. The summed E-state index contributed by atoms with van der Waals surface area (Å²) >= 11 is 0. The molecule has 0 unspecified atom stereocenters. The lowest BCUT2D eigenvalue weighted by molar-refractivity contribution is 1.06. The standard InChI is InChI=1S/C56H38N6/c1-37-18-16-27-42(34-37)55-59-53(41-25-12-5-13-26-41)60-56(61-55)46-35-43(54-57-47(39-21-8-3-9-22-39)36-48(58-54)40-23-10-4-11-24-40)32-33-50(46)62-49-30-15-14-28-45(49)52-44(29-17-31-51(52)62)38-19-6-2-7-20-38/h2-36H,1H3/i5D,12D,13D,16D,18D,25D,26D,27D,34D. The van der Waals surface area contributed by atoms with Crippen LogP contribution in [0.5, 0.6) is 0 Å². The molecule has 0 aliphatic heterocycles. The van der Waals surface area contributed by atoms with Crippen molar-refractivity contribution in [3.05, 3.63) is 218 Å². The number of hydrogen-bond donors (Lipinski definition) is 0. The highest BCUT2D eigenvalue weighted by Crippen LogP contribution is 2.41. The lowest BCUT2D eigenvalue weighted by Gasteiger charge is -2.17. The van der Waals surface area contributed by atoms with Gasteiger partial charge >= 0.3 is 0 Å². The van der Waals surface area contributed by atoms with Crippen LogP contribution in [0, 0.1) is 6.92 Å². The topological polar surface area (TPSA) is 69.4 Å². The van der Waals surface area contributed by atoms with Gasteiger partial charge in [0.1, 0.15) is 0 Å². The van der Waals surface area contributed by atoms with E-state index in [1.54, 1.807) is 0 Å². The van der Waals surface area contributed by atoms with Crippen LogP contribution in [0.4, 0.5) is 0 Å². The van der Waals surface area contributed by atoms with E-state index in [1.165, 1.54) is 6.92 Å². The van der Waals surface area contributed by atoms with E-state index in [4.69, 9.17) is 30.9 Å². The molecule has 6 heteroatoms. The minimum Gasteiger partial charge on any atom is -0.308 e. The van der Waals surface area contributed by atoms with E-state index in [0.717, 1.165) is 44.1 Å². The van der Waals surface area contributed by atoms with Crippen LogP contribution < -0.4 is 0 Å². The van der Waals surface area contributed by atoms with Gasteiger partial charge in [-0.3, -0.25) is 0 Å². The van der Waals surface area contributed by atoms with Gasteiger partial charge in [0.05, 0.1) is 40.4 Å². The maximum absolute atomic E-state index is 9.20. The van der Waals surface area contributed by atoms with E-state index in [2.05, 4.69) is 33.8 Å². The second kappa shape index (κ2) is 15.7. The van der Waals surface area contributed by atoms with Crippen molar-refractivity contribution < 1.29 is 12.3 Å². The third kappa shape index (κ3) is 6.79. The normalized spacial score (nSPS) is 13.3. The lowest BCUT2D eigenvalue weighted by Crippen LogP contribution is -2.04. The third-order valence-electron chi connectivity index (χ3n) is 10.7. The first kappa shape index (κ1) is 28.2. The highest BCUT2D eigenvalue weighted by Gasteiger charge is 2.23. The van der Waals surface area contributed by atoms with E-state index >= 15 is 0 Å². The predicted molar refractivity (Wildman–Crippen MR) is 253 cm³/mol. The van der Waals surface area contributed by atoms with Crippen LogP contribution in [0.25, 0.3) is 107 Å². The highest BCUT2D eigenvalue weighted by molar-refractivity contribution is 6.16. The molecule has 3 aromatic heterocycles. The second-order valence-corrected chi connectivity index (χ2v) is 14.7. The van der Waals surface area contributed by atoms with Gasteiger partial charge in [-0.05, 0) is 60.5 Å². The van der Waals surface area contributed by atoms with Gasteiger partial charge in [-0.15, -0.1) is 0 Å². The van der Waals surface area contributed by atoms with Crippen LogP contribution >= 0.6 is 0 Å². The van der Waals surface area contributed by atoms with Gasteiger partial charge < -0.3 is 4.57 Å². The summed E-state index contributed by atoms with van der Waals surface area (Å²) in [7, 11) is 0. The first-order valence-corrected chi connectivity index (χ1v) is 20.0. The Hall–Kier alpha value is -8.35. The van der Waals surface area contributed by atoms with Crippen molar-refractivity contribution in [1.29, 1.82) is 0 Å². The number of benzene rings is 8. The maximum Gasteiger partial charge on any atom is 0.166 e. The fourth-order valence-electron chi connectivity index (χ4n) is 7.91. The molecule has 3 heterocycles. The zero-order chi connectivity index (χ0) is 49.2. The van der Waals surface area contributed by atoms with E-state index in [9.17, 15) is 1.37 Å². The fraction of sp³-hybridized carbons (Fsp3) is 0.0179. The van der Waals surface area contributed by atoms with Crippen molar-refractivity contribution in [2.24, 2.45) is 0 Å². The summed E-state index contributed by atoms with van der Waals surface area (Å²) in [5, 5.41) is 1.95. The molecule has 0 saturated heterocycles. The van der Waals surface area contributed by atoms with Crippen molar-refractivity contribution in [2.75, 3.05) is 0 Å². The van der Waals surface area contributed by atoms with Crippen LogP contribution in [-0.4, -0.2) is 29.5 Å². The van der Waals surface area contributed by atoms with E-state index in [0.29, 0.717) is 34.0 Å². The Bertz CT molecular complexity index is 3740. The summed E-state index contributed by atoms with van der Waals surface area (Å²) in [6.07, 6.45) is 0. The summed E-state index contributed by atoms with van der Waals surface area (Å²) in [6.45, 7) is 1.50. The number of hydrogen-bond acceptors (Lipinski definition) is 5. The first-order valence-electron chi connectivity index (χ1n) is 24.5. The van der Waals surface area contributed by atoms with Crippen LogP contribution in [0.2, 0.25) is 0 Å². The van der Waals surface area contributed by atoms with Gasteiger partial charge in [0.2, 0.25) is 0 Å². The molecule has 0 radical (unpaired) electrons. The molecule has 11 rings (SSSR count). The molecule has 0 bridgehead atoms. The van der Waals surface area contributed by atoms with Gasteiger partial charge in [-0.2, -0.15) is 0 Å². The fourth-order valence-corrected chi connectivity index (χ4v) is 7.91. The predicted octanol–water partition coefficient (Wildman–Crippen LogP) is 13.7. The molecule has 0 atom stereocenters. The highest BCUT2D eigenvalue weighted by atomic mass is 15.1. The largest absolute Gasteiger partial charge is 0.308 e. The molecule has 8 aromatic carbocycles. The van der Waals surface area contributed by atoms with Gasteiger partial charge in [-0.1, -0.05) is 175 Å². The minimum atomic E-state index is -0.610. The maximum atomic E-state index is 9.20. The number of para-hydroxylation sites is 1. The Morgan fingerprint density at radius 2 is 0.984 bits per heavy atom. The summed E-state index contributed by atoms with van der Waals surface area (Å²) in [5.41, 5.74) is 7.91. The van der Waals surface area contributed by atoms with Gasteiger partial charge in [-0.25, -0.2) is 24.9 Å². The van der Waals surface area contributed by atoms with Gasteiger partial charge in [0, 0.05) is 44.2 Å². The molecule has 292 valence electrons. The molecular formula is C56H38N6. The molecular weight excluding hydrogens is 757 g/mol. The molecule has 0 fully saturated rings. The Labute approximate surface area is 372 Å². The van der Waals surface area contributed by atoms with Crippen molar-refractivity contribution in [2.45, 2.75) is 6.92 Å². The average Bonchev–Trinajstić information content (AvgIpc) is 3.75. The molecule has 0 N–H and O–H groups in total. The SMILES string of the molecule is [2H]c1c([2H])c([2H])c(-c2nc(-c3cc(-c4nc(-c5ccccc5)cc(-c5ccccc5)n4)ccc3-n3c4ccccc4c4c(-c5ccccc5)cccc43)nc(-c3c([2H])c([2H])c([2H])c(C)c3[2H])n2)c([2H])c1[2H]. The Kier molecular flexibility index (Phi) is 7.13. The third-order valence-corrected chi connectivity index (χ3v) is 10.7. The monoisotopic (exact) mass is 803 g/mol. The number of rotatable bonds is 8. The van der Waals surface area contributed by atoms with Gasteiger partial charge in [0.15, 0.2) is 23.3 Å². The van der Waals surface area contributed by atoms with Crippen molar-refractivity contribution in [3.63, 3.8) is 0 Å². The Morgan fingerprint density at radius 3 is 1.69 bits per heavy atom. The summed E-state index contributed by atoms with van der Waals surface area (Å²) < 4.78 is 81.3. The van der Waals surface area contributed by atoms with Crippen molar-refractivity contribution in [1.82, 2.24) is 29.5 Å². The average molecular weight is 804 g/mol. The molecule has 62 heavy (non-hydrogen) atoms. The zero-order valence-electron chi connectivity index (χ0n) is 42.2. The first-order chi connectivity index (χ1) is 34.4. The van der Waals surface area contributed by atoms with E-state index in [-0.39, 0.29) is 46.2 Å². The molecule has 0 spiro atoms. The van der Waals surface area contributed by atoms with Crippen LogP contribution in [0.3, 0.4) is 0 Å². The number of fused-ring (bicyclic) bond motifs is 3. The minimum absolute atomic E-state index is 0.0424. The smallest absolute Gasteiger partial charge is 0.166 e. The van der Waals surface area contributed by atoms with Crippen LogP contribution in [-0.2, 0) is 0 Å². The number of aromatic nitrogens is 6. The Morgan fingerprint density at radius 1 is 0.403 bits per heavy atom. The molecule has 0 saturated carbocycles. The Balaban J connectivity index is 1.27. The summed E-state index contributed by atoms with van der Waals surface area (Å²) in [4.78, 5) is 24.9. The lowest BCUT2D eigenvalue weighted by atomic mass is 9.99. The molecule has 0 aliphatic carbocycles. The zero-order valence-corrected chi connectivity index (χ0v) is 33.2. The quantitative estimate of drug-likeness (QED) is 0.153. The van der Waals surface area contributed by atoms with Crippen LogP contribution in [0.15, 0.2) is 212 Å². The molecule has 6 nitrogen and oxygen atoms in total. The second-order valence-electron chi connectivity index (χ2n) is 14.7. The van der Waals surface area contributed by atoms with Gasteiger partial charge in [0.25, 0.3) is 0 Å². The molecule has 11 aromatic rings. The molecule has 0 amide bonds. The number of nitrogens with zero attached hydrogens (tertiary/aromatic N) is 6. The van der Waals surface area contributed by atoms with E-state index in [1.807, 2.05) is 133 Å². The van der Waals surface area contributed by atoms with E-state index < -0.39 is 42.3 Å². The summed E-state index contributed by atoms with van der Waals surface area (Å²) in [5.74, 6) is -0.256. The van der Waals surface area contributed by atoms with Crippen molar-refractivity contribution in [3.8, 4) is 84.9 Å². The van der Waals surface area contributed by atoms with Crippen molar-refractivity contribution >= 4 is 21.8 Å². The van der Waals surface area contributed by atoms with Crippen LogP contribution in [0.1, 0.15) is 17.9 Å². The summed E-state index contributed by atoms with van der Waals surface area (Å²) in [6, 6.07) is 47.0.